The monoisotopic (exact) mass is 236 g/mol. The van der Waals surface area contributed by atoms with Gasteiger partial charge in [-0.3, -0.25) is 9.59 Å². The van der Waals surface area contributed by atoms with Gasteiger partial charge in [0.25, 0.3) is 0 Å². The number of rotatable bonds is 2. The summed E-state index contributed by atoms with van der Waals surface area (Å²) >= 11 is 0. The first-order valence-corrected chi connectivity index (χ1v) is 5.35. The van der Waals surface area contributed by atoms with E-state index >= 15 is 0 Å². The number of primary amides is 1. The molecule has 0 aromatic heterocycles. The molecule has 0 saturated carbocycles. The third-order valence-corrected chi connectivity index (χ3v) is 3.06. The first-order valence-electron chi connectivity index (χ1n) is 5.35. The molecule has 1 atom stereocenters. The van der Waals surface area contributed by atoms with E-state index < -0.39 is 11.8 Å². The van der Waals surface area contributed by atoms with Crippen LogP contribution < -0.4 is 10.6 Å². The van der Waals surface area contributed by atoms with Crippen molar-refractivity contribution in [2.75, 3.05) is 11.4 Å². The van der Waals surface area contributed by atoms with Crippen molar-refractivity contribution in [3.05, 3.63) is 29.6 Å². The Balaban J connectivity index is 2.32. The zero-order chi connectivity index (χ0) is 12.6. The van der Waals surface area contributed by atoms with Crippen molar-refractivity contribution in [3.63, 3.8) is 0 Å². The molecule has 1 aliphatic rings. The molecule has 17 heavy (non-hydrogen) atoms. The van der Waals surface area contributed by atoms with Gasteiger partial charge in [0.05, 0.1) is 5.92 Å². The molecule has 5 heteroatoms. The van der Waals surface area contributed by atoms with Gasteiger partial charge < -0.3 is 10.6 Å². The Labute approximate surface area is 98.2 Å². The van der Waals surface area contributed by atoms with E-state index in [-0.39, 0.29) is 24.7 Å². The lowest BCUT2D eigenvalue weighted by molar-refractivity contribution is -0.123. The van der Waals surface area contributed by atoms with Gasteiger partial charge in [0.15, 0.2) is 0 Å². The van der Waals surface area contributed by atoms with Crippen LogP contribution in [0.5, 0.6) is 0 Å². The van der Waals surface area contributed by atoms with E-state index in [2.05, 4.69) is 0 Å². The molecule has 2 amide bonds. The van der Waals surface area contributed by atoms with Gasteiger partial charge in [-0.15, -0.1) is 0 Å². The summed E-state index contributed by atoms with van der Waals surface area (Å²) in [5, 5.41) is 0. The minimum absolute atomic E-state index is 0.102. The van der Waals surface area contributed by atoms with Crippen LogP contribution in [0.1, 0.15) is 12.0 Å². The molecule has 2 N–H and O–H groups in total. The number of hydrogen-bond acceptors (Lipinski definition) is 2. The van der Waals surface area contributed by atoms with Crippen molar-refractivity contribution in [3.8, 4) is 0 Å². The molecule has 4 nitrogen and oxygen atoms in total. The smallest absolute Gasteiger partial charge is 0.227 e. The number of hydrogen-bond donors (Lipinski definition) is 1. The highest BCUT2D eigenvalue weighted by atomic mass is 19.1. The van der Waals surface area contributed by atoms with E-state index in [4.69, 9.17) is 5.73 Å². The maximum atomic E-state index is 13.4. The number of anilines is 1. The average Bonchev–Trinajstić information content (AvgIpc) is 2.65. The van der Waals surface area contributed by atoms with E-state index in [1.165, 1.54) is 11.0 Å². The van der Waals surface area contributed by atoms with Crippen LogP contribution in [0.25, 0.3) is 0 Å². The van der Waals surface area contributed by atoms with E-state index in [1.54, 1.807) is 19.1 Å². The van der Waals surface area contributed by atoms with Gasteiger partial charge in [-0.1, -0.05) is 6.07 Å². The second kappa shape index (κ2) is 4.16. The van der Waals surface area contributed by atoms with Crippen LogP contribution >= 0.6 is 0 Å². The third-order valence-electron chi connectivity index (χ3n) is 3.06. The Morgan fingerprint density at radius 3 is 2.82 bits per heavy atom. The molecule has 1 heterocycles. The molecule has 0 spiro atoms. The summed E-state index contributed by atoms with van der Waals surface area (Å²) in [5.74, 6) is -1.53. The fraction of sp³-hybridized carbons (Fsp3) is 0.333. The number of carbonyl (C=O) groups is 2. The first-order chi connectivity index (χ1) is 8.00. The van der Waals surface area contributed by atoms with Gasteiger partial charge in [-0.25, -0.2) is 4.39 Å². The minimum atomic E-state index is -0.491. The fourth-order valence-corrected chi connectivity index (χ4v) is 2.02. The largest absolute Gasteiger partial charge is 0.369 e. The molecule has 1 aromatic carbocycles. The van der Waals surface area contributed by atoms with Crippen LogP contribution in [-0.4, -0.2) is 18.4 Å². The van der Waals surface area contributed by atoms with Gasteiger partial charge in [-0.2, -0.15) is 0 Å². The summed E-state index contributed by atoms with van der Waals surface area (Å²) in [7, 11) is 0. The second-order valence-corrected chi connectivity index (χ2v) is 4.19. The molecule has 0 bridgehead atoms. The highest BCUT2D eigenvalue weighted by molar-refractivity contribution is 6.00. The minimum Gasteiger partial charge on any atom is -0.369 e. The Hall–Kier alpha value is -1.91. The zero-order valence-corrected chi connectivity index (χ0v) is 9.44. The van der Waals surface area contributed by atoms with Crippen LogP contribution in [-0.2, 0) is 9.59 Å². The number of amides is 2. The molecule has 0 radical (unpaired) electrons. The standard InChI is InChI=1S/C12H13FN2O2/c1-7-9(13)3-2-4-10(7)15-6-8(12(14)17)5-11(15)16/h2-4,8H,5-6H2,1H3,(H2,14,17). The zero-order valence-electron chi connectivity index (χ0n) is 9.44. The van der Waals surface area contributed by atoms with Crippen molar-refractivity contribution >= 4 is 17.5 Å². The normalized spacial score (nSPS) is 19.8. The van der Waals surface area contributed by atoms with Crippen molar-refractivity contribution in [1.29, 1.82) is 0 Å². The van der Waals surface area contributed by atoms with Gasteiger partial charge >= 0.3 is 0 Å². The van der Waals surface area contributed by atoms with E-state index in [0.29, 0.717) is 11.3 Å². The van der Waals surface area contributed by atoms with Crippen LogP contribution in [0.2, 0.25) is 0 Å². The van der Waals surface area contributed by atoms with Gasteiger partial charge in [0, 0.05) is 24.2 Å². The van der Waals surface area contributed by atoms with Gasteiger partial charge in [0.2, 0.25) is 11.8 Å². The van der Waals surface area contributed by atoms with Crippen LogP contribution in [0.15, 0.2) is 18.2 Å². The summed E-state index contributed by atoms with van der Waals surface area (Å²) in [4.78, 5) is 24.2. The van der Waals surface area contributed by atoms with Crippen LogP contribution in [0.4, 0.5) is 10.1 Å². The van der Waals surface area contributed by atoms with Crippen molar-refractivity contribution in [2.45, 2.75) is 13.3 Å². The first kappa shape index (κ1) is 11.6. The molecule has 1 unspecified atom stereocenters. The lowest BCUT2D eigenvalue weighted by atomic mass is 10.1. The number of nitrogens with two attached hydrogens (primary N) is 1. The molecule has 1 aliphatic heterocycles. The van der Waals surface area contributed by atoms with Crippen molar-refractivity contribution in [2.24, 2.45) is 11.7 Å². The van der Waals surface area contributed by atoms with E-state index in [0.717, 1.165) is 0 Å². The molecule has 90 valence electrons. The lowest BCUT2D eigenvalue weighted by Gasteiger charge is -2.18. The van der Waals surface area contributed by atoms with Crippen molar-refractivity contribution < 1.29 is 14.0 Å². The predicted molar refractivity (Wildman–Crippen MR) is 60.8 cm³/mol. The highest BCUT2D eigenvalue weighted by Gasteiger charge is 2.34. The summed E-state index contributed by atoms with van der Waals surface area (Å²) < 4.78 is 13.4. The van der Waals surface area contributed by atoms with Gasteiger partial charge in [0.1, 0.15) is 5.82 Å². The topological polar surface area (TPSA) is 63.4 Å². The molecule has 0 aliphatic carbocycles. The Kier molecular flexibility index (Phi) is 2.83. The summed E-state index contributed by atoms with van der Waals surface area (Å²) in [6.07, 6.45) is 0.102. The van der Waals surface area contributed by atoms with Crippen molar-refractivity contribution in [1.82, 2.24) is 0 Å². The summed E-state index contributed by atoms with van der Waals surface area (Å²) in [6.45, 7) is 1.84. The van der Waals surface area contributed by atoms with Gasteiger partial charge in [-0.05, 0) is 19.1 Å². The number of carbonyl (C=O) groups excluding carboxylic acids is 2. The van der Waals surface area contributed by atoms with Crippen LogP contribution in [0, 0.1) is 18.7 Å². The third kappa shape index (κ3) is 2.00. The second-order valence-electron chi connectivity index (χ2n) is 4.19. The maximum absolute atomic E-state index is 13.4. The number of nitrogens with zero attached hydrogens (tertiary/aromatic N) is 1. The molecular formula is C12H13FN2O2. The average molecular weight is 236 g/mol. The quantitative estimate of drug-likeness (QED) is 0.831. The fourth-order valence-electron chi connectivity index (χ4n) is 2.02. The van der Waals surface area contributed by atoms with E-state index in [9.17, 15) is 14.0 Å². The Morgan fingerprint density at radius 1 is 1.53 bits per heavy atom. The predicted octanol–water partition coefficient (Wildman–Crippen LogP) is 0.972. The molecule has 2 rings (SSSR count). The lowest BCUT2D eigenvalue weighted by Crippen LogP contribution is -2.29. The van der Waals surface area contributed by atoms with Crippen LogP contribution in [0.3, 0.4) is 0 Å². The van der Waals surface area contributed by atoms with E-state index in [1.807, 2.05) is 0 Å². The summed E-state index contributed by atoms with van der Waals surface area (Å²) in [5.41, 5.74) is 6.10. The molecule has 1 fully saturated rings. The maximum Gasteiger partial charge on any atom is 0.227 e. The SMILES string of the molecule is Cc1c(F)cccc1N1CC(C(N)=O)CC1=O. The molecular weight excluding hydrogens is 223 g/mol. The summed E-state index contributed by atoms with van der Waals surface area (Å²) in [6, 6.07) is 4.55. The highest BCUT2D eigenvalue weighted by Crippen LogP contribution is 2.28. The Morgan fingerprint density at radius 2 is 2.24 bits per heavy atom. The number of benzene rings is 1. The Bertz CT molecular complexity index is 487. The number of halogens is 1. The molecule has 1 aromatic rings. The molecule has 1 saturated heterocycles.